The van der Waals surface area contributed by atoms with E-state index in [-0.39, 0.29) is 0 Å². The highest BCUT2D eigenvalue weighted by molar-refractivity contribution is 5.83. The average molecular weight is 364 g/mol. The predicted molar refractivity (Wildman–Crippen MR) is 101 cm³/mol. The van der Waals surface area contributed by atoms with Crippen molar-refractivity contribution in [3.8, 4) is 6.07 Å². The van der Waals surface area contributed by atoms with Crippen LogP contribution in [0.25, 0.3) is 11.2 Å². The first-order valence-electron chi connectivity index (χ1n) is 8.81. The molecule has 138 valence electrons. The van der Waals surface area contributed by atoms with E-state index < -0.39 is 0 Å². The summed E-state index contributed by atoms with van der Waals surface area (Å²) >= 11 is 0. The third-order valence-corrected chi connectivity index (χ3v) is 4.70. The predicted octanol–water partition coefficient (Wildman–Crippen LogP) is 1.07. The molecule has 3 aromatic rings. The lowest BCUT2D eigenvalue weighted by Crippen LogP contribution is -2.47. The number of nitriles is 1. The van der Waals surface area contributed by atoms with Crippen LogP contribution in [-0.4, -0.2) is 64.4 Å². The first kappa shape index (κ1) is 17.2. The van der Waals surface area contributed by atoms with Crippen molar-refractivity contribution >= 4 is 22.8 Å². The molecular weight excluding hydrogens is 344 g/mol. The van der Waals surface area contributed by atoms with Crippen molar-refractivity contribution < 1.29 is 4.74 Å². The van der Waals surface area contributed by atoms with E-state index in [0.29, 0.717) is 18.7 Å². The third-order valence-electron chi connectivity index (χ3n) is 4.70. The molecule has 0 amide bonds. The lowest BCUT2D eigenvalue weighted by atomic mass is 10.2. The number of hydrogen-bond acceptors (Lipinski definition) is 8. The van der Waals surface area contributed by atoms with Crippen LogP contribution in [-0.2, 0) is 11.3 Å². The number of piperazine rings is 1. The molecule has 1 fully saturated rings. The van der Waals surface area contributed by atoms with Gasteiger partial charge >= 0.3 is 0 Å². The van der Waals surface area contributed by atoms with Gasteiger partial charge in [0.15, 0.2) is 17.0 Å². The van der Waals surface area contributed by atoms with Crippen molar-refractivity contribution in [3.05, 3.63) is 36.5 Å². The van der Waals surface area contributed by atoms with Crippen LogP contribution < -0.4 is 9.80 Å². The van der Waals surface area contributed by atoms with Crippen LogP contribution in [0.5, 0.6) is 0 Å². The molecule has 0 aliphatic carbocycles. The number of pyridine rings is 1. The Morgan fingerprint density at radius 3 is 2.59 bits per heavy atom. The molecule has 3 aromatic heterocycles. The van der Waals surface area contributed by atoms with E-state index in [4.69, 9.17) is 10.00 Å². The minimum atomic E-state index is 0.574. The maximum Gasteiger partial charge on any atom is 0.165 e. The Bertz CT molecular complexity index is 954. The molecule has 1 aliphatic rings. The van der Waals surface area contributed by atoms with E-state index in [1.807, 2.05) is 10.6 Å². The smallest absolute Gasteiger partial charge is 0.165 e. The number of ether oxygens (including phenoxy) is 1. The van der Waals surface area contributed by atoms with Crippen LogP contribution in [0.3, 0.4) is 0 Å². The largest absolute Gasteiger partial charge is 0.383 e. The molecule has 1 aliphatic heterocycles. The summed E-state index contributed by atoms with van der Waals surface area (Å²) in [5.74, 6) is 1.76. The van der Waals surface area contributed by atoms with Gasteiger partial charge in [-0.05, 0) is 12.1 Å². The van der Waals surface area contributed by atoms with Crippen molar-refractivity contribution in [2.75, 3.05) is 49.7 Å². The van der Waals surface area contributed by atoms with Crippen molar-refractivity contribution in [1.29, 1.82) is 5.26 Å². The van der Waals surface area contributed by atoms with Gasteiger partial charge < -0.3 is 19.1 Å². The number of methoxy groups -OCH3 is 1. The molecule has 0 N–H and O–H groups in total. The highest BCUT2D eigenvalue weighted by Gasteiger charge is 2.22. The zero-order valence-corrected chi connectivity index (χ0v) is 15.1. The summed E-state index contributed by atoms with van der Waals surface area (Å²) in [6.45, 7) is 4.61. The number of imidazole rings is 1. The fraction of sp³-hybridized carbons (Fsp3) is 0.389. The second-order valence-electron chi connectivity index (χ2n) is 6.29. The Kier molecular flexibility index (Phi) is 4.80. The van der Waals surface area contributed by atoms with Crippen molar-refractivity contribution in [3.63, 3.8) is 0 Å². The first-order chi connectivity index (χ1) is 13.3. The van der Waals surface area contributed by atoms with Crippen LogP contribution in [0.15, 0.2) is 31.0 Å². The Morgan fingerprint density at radius 2 is 1.89 bits per heavy atom. The maximum absolute atomic E-state index is 8.90. The van der Waals surface area contributed by atoms with Crippen LogP contribution >= 0.6 is 0 Å². The van der Waals surface area contributed by atoms with Gasteiger partial charge in [0.2, 0.25) is 0 Å². The molecule has 0 aromatic carbocycles. The molecule has 0 unspecified atom stereocenters. The van der Waals surface area contributed by atoms with Gasteiger partial charge in [-0.2, -0.15) is 5.26 Å². The topological polar surface area (TPSA) is 96.0 Å². The van der Waals surface area contributed by atoms with Gasteiger partial charge in [-0.3, -0.25) is 0 Å². The molecule has 1 saturated heterocycles. The minimum absolute atomic E-state index is 0.574. The van der Waals surface area contributed by atoms with Crippen LogP contribution in [0.2, 0.25) is 0 Å². The number of nitrogens with zero attached hydrogens (tertiary/aromatic N) is 8. The lowest BCUT2D eigenvalue weighted by Gasteiger charge is -2.36. The van der Waals surface area contributed by atoms with Gasteiger partial charge in [-0.25, -0.2) is 19.9 Å². The third kappa shape index (κ3) is 3.39. The number of fused-ring (bicyclic) bond motifs is 1. The molecule has 4 rings (SSSR count). The first-order valence-corrected chi connectivity index (χ1v) is 8.81. The van der Waals surface area contributed by atoms with E-state index in [1.54, 1.807) is 32.0 Å². The van der Waals surface area contributed by atoms with Crippen molar-refractivity contribution in [1.82, 2.24) is 24.5 Å². The summed E-state index contributed by atoms with van der Waals surface area (Å²) < 4.78 is 7.13. The zero-order chi connectivity index (χ0) is 18.6. The number of hydrogen-bond donors (Lipinski definition) is 0. The molecule has 0 spiro atoms. The SMILES string of the molecule is COCCn1cnc2c(N3CCN(c4ccc(C#N)cn4)CC3)ncnc21. The summed E-state index contributed by atoms with van der Waals surface area (Å²) in [5.41, 5.74) is 2.22. The molecule has 9 heteroatoms. The van der Waals surface area contributed by atoms with E-state index in [0.717, 1.165) is 49.0 Å². The van der Waals surface area contributed by atoms with Gasteiger partial charge in [0.25, 0.3) is 0 Å². The van der Waals surface area contributed by atoms with Crippen molar-refractivity contribution in [2.24, 2.45) is 0 Å². The summed E-state index contributed by atoms with van der Waals surface area (Å²) in [5, 5.41) is 8.90. The van der Waals surface area contributed by atoms with Gasteiger partial charge in [0, 0.05) is 46.0 Å². The Balaban J connectivity index is 1.49. The Hall–Kier alpha value is -3.25. The quantitative estimate of drug-likeness (QED) is 0.663. The summed E-state index contributed by atoms with van der Waals surface area (Å²) in [6, 6.07) is 5.80. The van der Waals surface area contributed by atoms with E-state index in [9.17, 15) is 0 Å². The normalized spacial score (nSPS) is 14.5. The molecule has 27 heavy (non-hydrogen) atoms. The number of anilines is 2. The molecule has 0 saturated carbocycles. The fourth-order valence-electron chi connectivity index (χ4n) is 3.24. The van der Waals surface area contributed by atoms with Crippen LogP contribution in [0.1, 0.15) is 5.56 Å². The molecule has 0 radical (unpaired) electrons. The molecule has 4 heterocycles. The molecule has 0 atom stereocenters. The summed E-state index contributed by atoms with van der Waals surface area (Å²) in [7, 11) is 1.68. The Labute approximate surface area is 156 Å². The standard InChI is InChI=1S/C18H20N8O/c1-27-9-8-26-13-23-16-17(21-12-22-18(16)26)25-6-4-24(5-7-25)15-3-2-14(10-19)11-20-15/h2-3,11-13H,4-9H2,1H3. The highest BCUT2D eigenvalue weighted by Crippen LogP contribution is 2.23. The minimum Gasteiger partial charge on any atom is -0.383 e. The maximum atomic E-state index is 8.90. The van der Waals surface area contributed by atoms with E-state index in [2.05, 4.69) is 35.8 Å². The number of rotatable bonds is 5. The zero-order valence-electron chi connectivity index (χ0n) is 15.1. The van der Waals surface area contributed by atoms with Gasteiger partial charge in [0.1, 0.15) is 18.2 Å². The monoisotopic (exact) mass is 364 g/mol. The van der Waals surface area contributed by atoms with Gasteiger partial charge in [-0.1, -0.05) is 0 Å². The second kappa shape index (κ2) is 7.55. The van der Waals surface area contributed by atoms with E-state index in [1.165, 1.54) is 0 Å². The van der Waals surface area contributed by atoms with Crippen LogP contribution in [0, 0.1) is 11.3 Å². The highest BCUT2D eigenvalue weighted by atomic mass is 16.5. The average Bonchev–Trinajstić information content (AvgIpc) is 3.15. The molecule has 0 bridgehead atoms. The van der Waals surface area contributed by atoms with E-state index >= 15 is 0 Å². The summed E-state index contributed by atoms with van der Waals surface area (Å²) in [6.07, 6.45) is 5.00. The van der Waals surface area contributed by atoms with Gasteiger partial charge in [-0.15, -0.1) is 0 Å². The molecular formula is C18H20N8O. The second-order valence-corrected chi connectivity index (χ2v) is 6.29. The lowest BCUT2D eigenvalue weighted by molar-refractivity contribution is 0.188. The van der Waals surface area contributed by atoms with Crippen molar-refractivity contribution in [2.45, 2.75) is 6.54 Å². The Morgan fingerprint density at radius 1 is 1.07 bits per heavy atom. The molecule has 9 nitrogen and oxygen atoms in total. The van der Waals surface area contributed by atoms with Crippen LogP contribution in [0.4, 0.5) is 11.6 Å². The van der Waals surface area contributed by atoms with Gasteiger partial charge in [0.05, 0.1) is 18.5 Å². The fourth-order valence-corrected chi connectivity index (χ4v) is 3.24. The number of aromatic nitrogens is 5. The summed E-state index contributed by atoms with van der Waals surface area (Å²) in [4.78, 5) is 22.2.